The molecule has 1 amide bonds. The second-order valence-corrected chi connectivity index (χ2v) is 7.07. The predicted octanol–water partition coefficient (Wildman–Crippen LogP) is 1.56. The van der Waals surface area contributed by atoms with Gasteiger partial charge >= 0.3 is 0 Å². The summed E-state index contributed by atoms with van der Waals surface area (Å²) in [7, 11) is 0. The highest BCUT2D eigenvalue weighted by Gasteiger charge is 2.17. The van der Waals surface area contributed by atoms with Crippen LogP contribution in [-0.4, -0.2) is 63.2 Å². The summed E-state index contributed by atoms with van der Waals surface area (Å²) in [5, 5.41) is 21.2. The van der Waals surface area contributed by atoms with E-state index in [2.05, 4.69) is 20.5 Å². The van der Waals surface area contributed by atoms with Crippen molar-refractivity contribution in [1.29, 1.82) is 0 Å². The van der Waals surface area contributed by atoms with Gasteiger partial charge in [-0.25, -0.2) is 4.68 Å². The number of nitrogens with zero attached hydrogens (tertiary/aromatic N) is 4. The third kappa shape index (κ3) is 5.52. The Hall–Kier alpha value is -1.96. The lowest BCUT2D eigenvalue weighted by molar-refractivity contribution is 0.0697. The van der Waals surface area contributed by atoms with E-state index in [1.54, 1.807) is 10.9 Å². The molecule has 0 bridgehead atoms. The maximum absolute atomic E-state index is 12.2. The van der Waals surface area contributed by atoms with Crippen molar-refractivity contribution < 1.29 is 9.90 Å². The van der Waals surface area contributed by atoms with E-state index >= 15 is 0 Å². The van der Waals surface area contributed by atoms with Crippen LogP contribution in [0.25, 0.3) is 0 Å². The van der Waals surface area contributed by atoms with E-state index in [9.17, 15) is 9.90 Å². The third-order valence-electron chi connectivity index (χ3n) is 4.45. The van der Waals surface area contributed by atoms with Gasteiger partial charge in [-0.3, -0.25) is 4.79 Å². The first-order valence-corrected chi connectivity index (χ1v) is 9.31. The van der Waals surface area contributed by atoms with Crippen molar-refractivity contribution in [2.45, 2.75) is 31.9 Å². The van der Waals surface area contributed by atoms with Gasteiger partial charge in [-0.2, -0.15) is 0 Å². The molecule has 2 aromatic rings. The predicted molar refractivity (Wildman–Crippen MR) is 99.2 cm³/mol. The summed E-state index contributed by atoms with van der Waals surface area (Å²) >= 11 is 5.87. The molecule has 26 heavy (non-hydrogen) atoms. The standard InChI is InChI=1S/C18H24ClN5O2/c19-15-6-4-14(5-7-15)11-24-13-17(21-22-24)18(26)20-8-2-10-23-9-1-3-16(25)12-23/h4-7,13,16,25H,1-3,8-12H2,(H,20,26). The lowest BCUT2D eigenvalue weighted by atomic mass is 10.1. The van der Waals surface area contributed by atoms with E-state index in [1.165, 1.54) is 0 Å². The second-order valence-electron chi connectivity index (χ2n) is 6.63. The summed E-state index contributed by atoms with van der Waals surface area (Å²) < 4.78 is 1.63. The van der Waals surface area contributed by atoms with Crippen LogP contribution in [0.1, 0.15) is 35.3 Å². The third-order valence-corrected chi connectivity index (χ3v) is 4.70. The quantitative estimate of drug-likeness (QED) is 0.715. The van der Waals surface area contributed by atoms with Gasteiger partial charge in [-0.1, -0.05) is 28.9 Å². The average molecular weight is 378 g/mol. The van der Waals surface area contributed by atoms with Crippen LogP contribution in [0.2, 0.25) is 5.02 Å². The number of aliphatic hydroxyl groups excluding tert-OH is 1. The molecule has 7 nitrogen and oxygen atoms in total. The number of carbonyl (C=O) groups is 1. The van der Waals surface area contributed by atoms with Crippen molar-refractivity contribution in [2.24, 2.45) is 0 Å². The number of carbonyl (C=O) groups excluding carboxylic acids is 1. The molecule has 0 aliphatic carbocycles. The SMILES string of the molecule is O=C(NCCCN1CCCC(O)C1)c1cn(Cc2ccc(Cl)cc2)nn1. The van der Waals surface area contributed by atoms with E-state index in [1.807, 2.05) is 24.3 Å². The fourth-order valence-electron chi connectivity index (χ4n) is 3.09. The van der Waals surface area contributed by atoms with Crippen molar-refractivity contribution >= 4 is 17.5 Å². The number of aromatic nitrogens is 3. The number of likely N-dealkylation sites (tertiary alicyclic amines) is 1. The van der Waals surface area contributed by atoms with Crippen molar-refractivity contribution in [3.8, 4) is 0 Å². The first kappa shape index (κ1) is 18.8. The molecule has 1 aliphatic rings. The van der Waals surface area contributed by atoms with E-state index in [0.717, 1.165) is 44.5 Å². The number of rotatable bonds is 7. The second kappa shape index (κ2) is 9.12. The minimum atomic E-state index is -0.217. The van der Waals surface area contributed by atoms with Crippen LogP contribution < -0.4 is 5.32 Å². The van der Waals surface area contributed by atoms with Gasteiger partial charge in [-0.15, -0.1) is 5.10 Å². The number of β-amino-alcohol motifs (C(OH)–C–C–N with tert-alkyl or cyclic N) is 1. The Balaban J connectivity index is 1.41. The number of amides is 1. The molecule has 0 spiro atoms. The lowest BCUT2D eigenvalue weighted by Crippen LogP contribution is -2.39. The Labute approximate surface area is 157 Å². The zero-order valence-corrected chi connectivity index (χ0v) is 15.4. The smallest absolute Gasteiger partial charge is 0.273 e. The van der Waals surface area contributed by atoms with Crippen molar-refractivity contribution in [2.75, 3.05) is 26.2 Å². The molecule has 0 saturated carbocycles. The van der Waals surface area contributed by atoms with Crippen LogP contribution in [0.5, 0.6) is 0 Å². The van der Waals surface area contributed by atoms with Gasteiger partial charge in [0, 0.05) is 18.1 Å². The van der Waals surface area contributed by atoms with E-state index in [4.69, 9.17) is 11.6 Å². The number of benzene rings is 1. The van der Waals surface area contributed by atoms with Crippen LogP contribution in [0.15, 0.2) is 30.5 Å². The highest BCUT2D eigenvalue weighted by Crippen LogP contribution is 2.11. The molecule has 8 heteroatoms. The summed E-state index contributed by atoms with van der Waals surface area (Å²) in [6, 6.07) is 7.48. The summed E-state index contributed by atoms with van der Waals surface area (Å²) in [6.45, 7) is 3.74. The first-order chi connectivity index (χ1) is 12.6. The zero-order valence-electron chi connectivity index (χ0n) is 14.6. The van der Waals surface area contributed by atoms with E-state index in [-0.39, 0.29) is 12.0 Å². The minimum absolute atomic E-state index is 0.214. The summed E-state index contributed by atoms with van der Waals surface area (Å²) in [4.78, 5) is 14.4. The van der Waals surface area contributed by atoms with E-state index in [0.29, 0.717) is 23.8 Å². The Morgan fingerprint density at radius 2 is 2.15 bits per heavy atom. The van der Waals surface area contributed by atoms with Crippen molar-refractivity contribution in [3.05, 3.63) is 46.7 Å². The molecule has 2 heterocycles. The lowest BCUT2D eigenvalue weighted by Gasteiger charge is -2.29. The van der Waals surface area contributed by atoms with Crippen LogP contribution in [0.4, 0.5) is 0 Å². The van der Waals surface area contributed by atoms with Crippen molar-refractivity contribution in [3.63, 3.8) is 0 Å². The molecule has 2 N–H and O–H groups in total. The topological polar surface area (TPSA) is 83.3 Å². The maximum atomic E-state index is 12.2. The number of halogens is 1. The molecule has 0 radical (unpaired) electrons. The Kier molecular flexibility index (Phi) is 6.60. The fraction of sp³-hybridized carbons (Fsp3) is 0.500. The van der Waals surface area contributed by atoms with Crippen LogP contribution in [0.3, 0.4) is 0 Å². The number of hydrogen-bond donors (Lipinski definition) is 2. The van der Waals surface area contributed by atoms with Gasteiger partial charge < -0.3 is 15.3 Å². The summed E-state index contributed by atoms with van der Waals surface area (Å²) in [6.07, 6.45) is 4.19. The average Bonchev–Trinajstić information content (AvgIpc) is 3.09. The molecule has 140 valence electrons. The summed E-state index contributed by atoms with van der Waals surface area (Å²) in [5.41, 5.74) is 1.35. The largest absolute Gasteiger partial charge is 0.392 e. The van der Waals surface area contributed by atoms with Gasteiger partial charge in [0.15, 0.2) is 5.69 Å². The number of aliphatic hydroxyl groups is 1. The molecule has 1 aliphatic heterocycles. The monoisotopic (exact) mass is 377 g/mol. The Morgan fingerprint density at radius 1 is 1.35 bits per heavy atom. The molecular formula is C18H24ClN5O2. The summed E-state index contributed by atoms with van der Waals surface area (Å²) in [5.74, 6) is -0.217. The van der Waals surface area contributed by atoms with Gasteiger partial charge in [-0.05, 0) is 50.0 Å². The molecule has 1 unspecified atom stereocenters. The Bertz CT molecular complexity index is 719. The first-order valence-electron chi connectivity index (χ1n) is 8.93. The van der Waals surface area contributed by atoms with Crippen LogP contribution in [-0.2, 0) is 6.54 Å². The Morgan fingerprint density at radius 3 is 2.92 bits per heavy atom. The number of piperidine rings is 1. The molecule has 1 atom stereocenters. The molecule has 1 fully saturated rings. The zero-order chi connectivity index (χ0) is 18.4. The van der Waals surface area contributed by atoms with Gasteiger partial charge in [0.1, 0.15) is 0 Å². The highest BCUT2D eigenvalue weighted by atomic mass is 35.5. The van der Waals surface area contributed by atoms with Crippen molar-refractivity contribution in [1.82, 2.24) is 25.2 Å². The molecule has 1 saturated heterocycles. The van der Waals surface area contributed by atoms with Crippen LogP contribution >= 0.6 is 11.6 Å². The molecule has 1 aromatic carbocycles. The molecule has 1 aromatic heterocycles. The van der Waals surface area contributed by atoms with Gasteiger partial charge in [0.25, 0.3) is 5.91 Å². The van der Waals surface area contributed by atoms with Crippen LogP contribution in [0, 0.1) is 0 Å². The normalized spacial score (nSPS) is 18.0. The number of nitrogens with one attached hydrogen (secondary N) is 1. The van der Waals surface area contributed by atoms with Gasteiger partial charge in [0.05, 0.1) is 18.8 Å². The molecular weight excluding hydrogens is 354 g/mol. The fourth-order valence-corrected chi connectivity index (χ4v) is 3.21. The van der Waals surface area contributed by atoms with Gasteiger partial charge in [0.2, 0.25) is 0 Å². The highest BCUT2D eigenvalue weighted by molar-refractivity contribution is 6.30. The minimum Gasteiger partial charge on any atom is -0.392 e. The maximum Gasteiger partial charge on any atom is 0.273 e. The van der Waals surface area contributed by atoms with E-state index < -0.39 is 0 Å². The number of hydrogen-bond acceptors (Lipinski definition) is 5. The molecule has 3 rings (SSSR count).